The smallest absolute Gasteiger partial charge is 0.238 e. The van der Waals surface area contributed by atoms with Gasteiger partial charge in [-0.05, 0) is 38.4 Å². The number of para-hydroxylation sites is 1. The van der Waals surface area contributed by atoms with Gasteiger partial charge in [-0.1, -0.05) is 12.1 Å². The van der Waals surface area contributed by atoms with E-state index < -0.39 is 5.82 Å². The minimum Gasteiger partial charge on any atom is -0.322 e. The fraction of sp³-hybridized carbons (Fsp3) is 0.467. The number of benzene rings is 1. The van der Waals surface area contributed by atoms with Crippen LogP contribution in [0, 0.1) is 11.7 Å². The molecular formula is C15H19FN2O2. The van der Waals surface area contributed by atoms with Crippen LogP contribution in [-0.2, 0) is 9.59 Å². The number of carbonyl (C=O) groups is 2. The zero-order valence-corrected chi connectivity index (χ0v) is 11.6. The van der Waals surface area contributed by atoms with Crippen molar-refractivity contribution in [2.75, 3.05) is 25.0 Å². The molecule has 1 fully saturated rings. The molecule has 1 amide bonds. The molecule has 1 aromatic rings. The van der Waals surface area contributed by atoms with Gasteiger partial charge in [-0.25, -0.2) is 4.39 Å². The molecule has 0 aromatic heterocycles. The molecule has 0 bridgehead atoms. The fourth-order valence-corrected chi connectivity index (χ4v) is 2.49. The second-order valence-electron chi connectivity index (χ2n) is 5.21. The van der Waals surface area contributed by atoms with Crippen molar-refractivity contribution in [3.63, 3.8) is 0 Å². The maximum Gasteiger partial charge on any atom is 0.238 e. The van der Waals surface area contributed by atoms with Gasteiger partial charge in [-0.3, -0.25) is 14.5 Å². The summed E-state index contributed by atoms with van der Waals surface area (Å²) in [4.78, 5) is 25.2. The number of rotatable bonds is 4. The van der Waals surface area contributed by atoms with Gasteiger partial charge in [-0.15, -0.1) is 0 Å². The van der Waals surface area contributed by atoms with E-state index in [2.05, 4.69) is 5.32 Å². The molecule has 108 valence electrons. The molecule has 0 aliphatic carbocycles. The first-order valence-corrected chi connectivity index (χ1v) is 6.83. The van der Waals surface area contributed by atoms with Crippen LogP contribution < -0.4 is 5.32 Å². The minimum absolute atomic E-state index is 0.0185. The Morgan fingerprint density at radius 3 is 2.85 bits per heavy atom. The van der Waals surface area contributed by atoms with Gasteiger partial charge in [0.2, 0.25) is 5.91 Å². The third-order valence-corrected chi connectivity index (χ3v) is 3.60. The molecule has 0 saturated carbocycles. The first kappa shape index (κ1) is 14.7. The van der Waals surface area contributed by atoms with Crippen molar-refractivity contribution in [3.8, 4) is 0 Å². The van der Waals surface area contributed by atoms with Crippen LogP contribution in [0.3, 0.4) is 0 Å². The number of anilines is 1. The lowest BCUT2D eigenvalue weighted by molar-refractivity contribution is -0.124. The number of hydrogen-bond acceptors (Lipinski definition) is 3. The monoisotopic (exact) mass is 278 g/mol. The van der Waals surface area contributed by atoms with Gasteiger partial charge in [0.1, 0.15) is 11.6 Å². The topological polar surface area (TPSA) is 49.4 Å². The number of carbonyl (C=O) groups excluding carboxylic acids is 2. The number of piperidine rings is 1. The van der Waals surface area contributed by atoms with Gasteiger partial charge >= 0.3 is 0 Å². The number of ketones is 1. The van der Waals surface area contributed by atoms with Gasteiger partial charge < -0.3 is 5.32 Å². The quantitative estimate of drug-likeness (QED) is 0.917. The first-order chi connectivity index (χ1) is 9.56. The van der Waals surface area contributed by atoms with Gasteiger partial charge in [-0.2, -0.15) is 0 Å². The maximum absolute atomic E-state index is 13.4. The van der Waals surface area contributed by atoms with Crippen LogP contribution in [-0.4, -0.2) is 36.2 Å². The lowest BCUT2D eigenvalue weighted by Crippen LogP contribution is -2.42. The average molecular weight is 278 g/mol. The minimum atomic E-state index is -0.443. The molecule has 20 heavy (non-hydrogen) atoms. The zero-order chi connectivity index (χ0) is 14.5. The molecule has 5 heteroatoms. The Hall–Kier alpha value is -1.75. The molecule has 2 rings (SSSR count). The van der Waals surface area contributed by atoms with E-state index >= 15 is 0 Å². The molecule has 1 unspecified atom stereocenters. The molecule has 1 aliphatic heterocycles. The molecule has 1 saturated heterocycles. The van der Waals surface area contributed by atoms with E-state index in [-0.39, 0.29) is 29.8 Å². The van der Waals surface area contributed by atoms with Gasteiger partial charge in [0, 0.05) is 12.5 Å². The Morgan fingerprint density at radius 1 is 1.40 bits per heavy atom. The van der Waals surface area contributed by atoms with Crippen LogP contribution in [0.25, 0.3) is 0 Å². The zero-order valence-electron chi connectivity index (χ0n) is 11.6. The maximum atomic E-state index is 13.4. The summed E-state index contributed by atoms with van der Waals surface area (Å²) in [6.07, 6.45) is 1.80. The summed E-state index contributed by atoms with van der Waals surface area (Å²) in [5.41, 5.74) is 0.192. The Labute approximate surface area is 118 Å². The molecule has 1 aromatic carbocycles. The number of nitrogens with one attached hydrogen (secondary N) is 1. The molecule has 0 radical (unpaired) electrons. The van der Waals surface area contributed by atoms with Crippen LogP contribution in [0.5, 0.6) is 0 Å². The van der Waals surface area contributed by atoms with E-state index in [4.69, 9.17) is 0 Å². The van der Waals surface area contributed by atoms with Gasteiger partial charge in [0.15, 0.2) is 0 Å². The molecule has 4 nitrogen and oxygen atoms in total. The van der Waals surface area contributed by atoms with Crippen molar-refractivity contribution in [3.05, 3.63) is 30.1 Å². The van der Waals surface area contributed by atoms with E-state index in [1.807, 2.05) is 4.90 Å². The van der Waals surface area contributed by atoms with Gasteiger partial charge in [0.25, 0.3) is 0 Å². The van der Waals surface area contributed by atoms with Crippen LogP contribution in [0.1, 0.15) is 19.8 Å². The lowest BCUT2D eigenvalue weighted by atomic mass is 9.95. The highest BCUT2D eigenvalue weighted by Crippen LogP contribution is 2.17. The molecule has 1 atom stereocenters. The van der Waals surface area contributed by atoms with E-state index in [1.165, 1.54) is 12.1 Å². The van der Waals surface area contributed by atoms with Crippen LogP contribution in [0.15, 0.2) is 24.3 Å². The highest BCUT2D eigenvalue weighted by molar-refractivity contribution is 5.92. The standard InChI is InChI=1S/C15H19FN2O2/c1-11(19)12-5-4-8-18(9-12)10-15(20)17-14-7-3-2-6-13(14)16/h2-3,6-7,12H,4-5,8-10H2,1H3,(H,17,20). The predicted octanol–water partition coefficient (Wildman–Crippen LogP) is 2.07. The van der Waals surface area contributed by atoms with Crippen molar-refractivity contribution in [1.29, 1.82) is 0 Å². The van der Waals surface area contributed by atoms with Crippen molar-refractivity contribution < 1.29 is 14.0 Å². The van der Waals surface area contributed by atoms with E-state index in [1.54, 1.807) is 19.1 Å². The highest BCUT2D eigenvalue weighted by atomic mass is 19.1. The Balaban J connectivity index is 1.88. The summed E-state index contributed by atoms with van der Waals surface area (Å²) in [6, 6.07) is 6.09. The number of hydrogen-bond donors (Lipinski definition) is 1. The lowest BCUT2D eigenvalue weighted by Gasteiger charge is -2.30. The number of nitrogens with zero attached hydrogens (tertiary/aromatic N) is 1. The third kappa shape index (κ3) is 3.87. The van der Waals surface area contributed by atoms with E-state index in [0.29, 0.717) is 6.54 Å². The SMILES string of the molecule is CC(=O)C1CCCN(CC(=O)Nc2ccccc2F)C1. The highest BCUT2D eigenvalue weighted by Gasteiger charge is 2.24. The molecule has 1 heterocycles. The average Bonchev–Trinajstić information content (AvgIpc) is 2.41. The summed E-state index contributed by atoms with van der Waals surface area (Å²) in [5.74, 6) is -0.505. The van der Waals surface area contributed by atoms with E-state index in [9.17, 15) is 14.0 Å². The van der Waals surface area contributed by atoms with Crippen LogP contribution in [0.4, 0.5) is 10.1 Å². The molecular weight excluding hydrogens is 259 g/mol. The number of Topliss-reactive ketones (excluding diaryl/α,β-unsaturated/α-hetero) is 1. The Kier molecular flexibility index (Phi) is 4.84. The van der Waals surface area contributed by atoms with Crippen molar-refractivity contribution in [2.24, 2.45) is 5.92 Å². The largest absolute Gasteiger partial charge is 0.322 e. The summed E-state index contributed by atoms with van der Waals surface area (Å²) in [6.45, 7) is 3.19. The summed E-state index contributed by atoms with van der Waals surface area (Å²) in [7, 11) is 0. The predicted molar refractivity (Wildman–Crippen MR) is 74.9 cm³/mol. The second-order valence-corrected chi connectivity index (χ2v) is 5.21. The Morgan fingerprint density at radius 2 is 2.15 bits per heavy atom. The number of likely N-dealkylation sites (tertiary alicyclic amines) is 1. The third-order valence-electron chi connectivity index (χ3n) is 3.60. The number of halogens is 1. The van der Waals surface area contributed by atoms with Crippen LogP contribution >= 0.6 is 0 Å². The fourth-order valence-electron chi connectivity index (χ4n) is 2.49. The normalized spacial score (nSPS) is 19.6. The summed E-state index contributed by atoms with van der Waals surface area (Å²) >= 11 is 0. The second kappa shape index (κ2) is 6.61. The van der Waals surface area contributed by atoms with Crippen molar-refractivity contribution in [2.45, 2.75) is 19.8 Å². The molecule has 0 spiro atoms. The van der Waals surface area contributed by atoms with Crippen molar-refractivity contribution in [1.82, 2.24) is 4.90 Å². The molecule has 1 N–H and O–H groups in total. The summed E-state index contributed by atoms with van der Waals surface area (Å²) < 4.78 is 13.4. The van der Waals surface area contributed by atoms with E-state index in [0.717, 1.165) is 19.4 Å². The van der Waals surface area contributed by atoms with Gasteiger partial charge in [0.05, 0.1) is 12.2 Å². The summed E-state index contributed by atoms with van der Waals surface area (Å²) in [5, 5.41) is 2.56. The van der Waals surface area contributed by atoms with Crippen molar-refractivity contribution >= 4 is 17.4 Å². The Bertz CT molecular complexity index is 504. The van der Waals surface area contributed by atoms with Crippen LogP contribution in [0.2, 0.25) is 0 Å². The number of amides is 1. The molecule has 1 aliphatic rings. The first-order valence-electron chi connectivity index (χ1n) is 6.83.